The van der Waals surface area contributed by atoms with Gasteiger partial charge in [-0.1, -0.05) is 12.1 Å². The zero-order valence-corrected chi connectivity index (χ0v) is 11.4. The second-order valence-electron chi connectivity index (χ2n) is 4.51. The Kier molecular flexibility index (Phi) is 3.68. The van der Waals surface area contributed by atoms with Gasteiger partial charge in [0, 0.05) is 6.20 Å². The van der Waals surface area contributed by atoms with Crippen LogP contribution in [0.25, 0.3) is 5.69 Å². The van der Waals surface area contributed by atoms with Gasteiger partial charge in [0.2, 0.25) is 5.95 Å². The lowest BCUT2D eigenvalue weighted by Crippen LogP contribution is -2.09. The number of halogens is 4. The van der Waals surface area contributed by atoms with Gasteiger partial charge in [-0.2, -0.15) is 18.3 Å². The molecule has 0 aliphatic rings. The van der Waals surface area contributed by atoms with E-state index in [0.717, 1.165) is 12.3 Å². The van der Waals surface area contributed by atoms with E-state index < -0.39 is 17.7 Å². The van der Waals surface area contributed by atoms with Gasteiger partial charge in [-0.05, 0) is 18.2 Å². The summed E-state index contributed by atoms with van der Waals surface area (Å²) in [6.45, 7) is 0. The molecule has 2 heterocycles. The number of nitrogens with one attached hydrogen (secondary N) is 1. The van der Waals surface area contributed by atoms with Crippen LogP contribution in [0.4, 0.5) is 29.2 Å². The van der Waals surface area contributed by atoms with E-state index in [4.69, 9.17) is 0 Å². The van der Waals surface area contributed by atoms with Crippen LogP contribution in [0, 0.1) is 5.82 Å². The van der Waals surface area contributed by atoms with Gasteiger partial charge in [0.1, 0.15) is 17.2 Å². The lowest BCUT2D eigenvalue weighted by Gasteiger charge is -2.07. The van der Waals surface area contributed by atoms with Crippen LogP contribution in [-0.4, -0.2) is 19.7 Å². The average Bonchev–Trinajstić information content (AvgIpc) is 2.95. The fourth-order valence-electron chi connectivity index (χ4n) is 1.86. The maximum Gasteiger partial charge on any atom is 0.433 e. The molecule has 0 amide bonds. The van der Waals surface area contributed by atoms with Gasteiger partial charge < -0.3 is 5.32 Å². The molecule has 23 heavy (non-hydrogen) atoms. The minimum absolute atomic E-state index is 0.213. The Morgan fingerprint density at radius 1 is 1.09 bits per heavy atom. The fourth-order valence-corrected chi connectivity index (χ4v) is 1.86. The summed E-state index contributed by atoms with van der Waals surface area (Å²) in [5, 5.41) is 6.55. The fraction of sp³-hybridized carbons (Fsp3) is 0.0714. The van der Waals surface area contributed by atoms with E-state index in [2.05, 4.69) is 20.4 Å². The maximum absolute atomic E-state index is 13.7. The zero-order chi connectivity index (χ0) is 16.4. The highest BCUT2D eigenvalue weighted by Gasteiger charge is 2.32. The molecule has 0 unspecified atom stereocenters. The Bertz CT molecular complexity index is 828. The van der Waals surface area contributed by atoms with Crippen LogP contribution >= 0.6 is 0 Å². The number of benzene rings is 1. The summed E-state index contributed by atoms with van der Waals surface area (Å²) in [7, 11) is 0. The summed E-state index contributed by atoms with van der Waals surface area (Å²) in [5.41, 5.74) is -0.519. The lowest BCUT2D eigenvalue weighted by molar-refractivity contribution is -0.141. The topological polar surface area (TPSA) is 55.6 Å². The van der Waals surface area contributed by atoms with E-state index in [1.54, 1.807) is 6.07 Å². The van der Waals surface area contributed by atoms with Crippen molar-refractivity contribution < 1.29 is 17.6 Å². The van der Waals surface area contributed by atoms with E-state index in [1.165, 1.54) is 35.3 Å². The van der Waals surface area contributed by atoms with Gasteiger partial charge in [0.05, 0.1) is 18.1 Å². The van der Waals surface area contributed by atoms with Crippen LogP contribution in [0.3, 0.4) is 0 Å². The molecule has 2 aromatic heterocycles. The number of hydrogen-bond acceptors (Lipinski definition) is 4. The van der Waals surface area contributed by atoms with Gasteiger partial charge in [-0.15, -0.1) is 0 Å². The molecule has 0 aliphatic heterocycles. The molecule has 1 N–H and O–H groups in total. The summed E-state index contributed by atoms with van der Waals surface area (Å²) < 4.78 is 52.7. The van der Waals surface area contributed by atoms with Gasteiger partial charge in [0.15, 0.2) is 0 Å². The third-order valence-electron chi connectivity index (χ3n) is 2.88. The highest BCUT2D eigenvalue weighted by atomic mass is 19.4. The minimum atomic E-state index is -4.56. The Hall–Kier alpha value is -2.97. The first-order valence-corrected chi connectivity index (χ1v) is 6.40. The number of rotatable bonds is 3. The maximum atomic E-state index is 13.7. The summed E-state index contributed by atoms with van der Waals surface area (Å²) in [6, 6.07) is 6.75. The van der Waals surface area contributed by atoms with Gasteiger partial charge in [-0.3, -0.25) is 0 Å². The smallest absolute Gasteiger partial charge is 0.321 e. The molecule has 3 rings (SSSR count). The van der Waals surface area contributed by atoms with Crippen molar-refractivity contribution >= 4 is 11.6 Å². The van der Waals surface area contributed by atoms with Crippen molar-refractivity contribution in [1.29, 1.82) is 0 Å². The zero-order valence-electron chi connectivity index (χ0n) is 11.4. The van der Waals surface area contributed by atoms with Crippen LogP contribution in [0.15, 0.2) is 48.9 Å². The predicted octanol–water partition coefficient (Wildman–Crippen LogP) is 3.56. The Morgan fingerprint density at radius 3 is 2.61 bits per heavy atom. The molecule has 0 bridgehead atoms. The van der Waals surface area contributed by atoms with Crippen molar-refractivity contribution in [2.45, 2.75) is 6.18 Å². The summed E-state index contributed by atoms with van der Waals surface area (Å²) in [4.78, 5) is 7.09. The van der Waals surface area contributed by atoms with Crippen LogP contribution in [0.2, 0.25) is 0 Å². The molecular weight excluding hydrogens is 314 g/mol. The number of nitrogens with zero attached hydrogens (tertiary/aromatic N) is 4. The van der Waals surface area contributed by atoms with Gasteiger partial charge >= 0.3 is 6.18 Å². The summed E-state index contributed by atoms with van der Waals surface area (Å²) in [5.74, 6) is -0.703. The molecular formula is C14H9F4N5. The molecule has 0 saturated carbocycles. The van der Waals surface area contributed by atoms with E-state index in [9.17, 15) is 17.6 Å². The second kappa shape index (κ2) is 5.67. The highest BCUT2D eigenvalue weighted by Crippen LogP contribution is 2.28. The van der Waals surface area contributed by atoms with Crippen LogP contribution < -0.4 is 5.32 Å². The number of para-hydroxylation sites is 1. The van der Waals surface area contributed by atoms with Crippen molar-refractivity contribution in [2.75, 3.05) is 5.32 Å². The van der Waals surface area contributed by atoms with E-state index in [-0.39, 0.29) is 11.6 Å². The molecule has 118 valence electrons. The quantitative estimate of drug-likeness (QED) is 0.749. The Labute approximate surface area is 127 Å². The second-order valence-corrected chi connectivity index (χ2v) is 4.51. The molecule has 0 aliphatic carbocycles. The summed E-state index contributed by atoms with van der Waals surface area (Å²) in [6.07, 6.45) is -0.811. The van der Waals surface area contributed by atoms with Crippen molar-refractivity contribution in [3.8, 4) is 5.69 Å². The van der Waals surface area contributed by atoms with E-state index in [0.29, 0.717) is 5.69 Å². The number of anilines is 2. The van der Waals surface area contributed by atoms with Crippen LogP contribution in [0.1, 0.15) is 5.69 Å². The molecule has 0 atom stereocenters. The van der Waals surface area contributed by atoms with Crippen LogP contribution in [-0.2, 0) is 6.18 Å². The average molecular weight is 323 g/mol. The van der Waals surface area contributed by atoms with Crippen molar-refractivity contribution in [3.05, 3.63) is 60.4 Å². The third-order valence-corrected chi connectivity index (χ3v) is 2.88. The molecule has 5 nitrogen and oxygen atoms in total. The normalized spacial score (nSPS) is 11.5. The van der Waals surface area contributed by atoms with E-state index in [1.807, 2.05) is 0 Å². The largest absolute Gasteiger partial charge is 0.433 e. The van der Waals surface area contributed by atoms with E-state index >= 15 is 0 Å². The van der Waals surface area contributed by atoms with Crippen molar-refractivity contribution in [3.63, 3.8) is 0 Å². The number of hydrogen-bond donors (Lipinski definition) is 1. The Morgan fingerprint density at radius 2 is 1.87 bits per heavy atom. The first-order chi connectivity index (χ1) is 10.9. The molecule has 3 aromatic rings. The number of alkyl halides is 3. The standard InChI is InChI=1S/C14H9F4N5/c15-10-3-1-2-4-11(10)23-8-9(7-20-23)21-13-19-6-5-12(22-13)14(16,17)18/h1-8H,(H,19,21,22). The first kappa shape index (κ1) is 14.9. The van der Waals surface area contributed by atoms with Crippen molar-refractivity contribution in [2.24, 2.45) is 0 Å². The molecule has 9 heteroatoms. The number of aromatic nitrogens is 4. The molecule has 0 radical (unpaired) electrons. The lowest BCUT2D eigenvalue weighted by atomic mass is 10.3. The first-order valence-electron chi connectivity index (χ1n) is 6.40. The molecule has 0 fully saturated rings. The van der Waals surface area contributed by atoms with Crippen LogP contribution in [0.5, 0.6) is 0 Å². The molecule has 0 spiro atoms. The Balaban J connectivity index is 1.84. The molecule has 0 saturated heterocycles. The minimum Gasteiger partial charge on any atom is -0.321 e. The van der Waals surface area contributed by atoms with Gasteiger partial charge in [0.25, 0.3) is 0 Å². The SMILES string of the molecule is Fc1ccccc1-n1cc(Nc2nccc(C(F)(F)F)n2)cn1. The third kappa shape index (κ3) is 3.28. The molecule has 1 aromatic carbocycles. The highest BCUT2D eigenvalue weighted by molar-refractivity contribution is 5.51. The summed E-state index contributed by atoms with van der Waals surface area (Å²) >= 11 is 0. The predicted molar refractivity (Wildman–Crippen MR) is 73.8 cm³/mol. The van der Waals surface area contributed by atoms with Crippen molar-refractivity contribution in [1.82, 2.24) is 19.7 Å². The monoisotopic (exact) mass is 323 g/mol. The van der Waals surface area contributed by atoms with Gasteiger partial charge in [-0.25, -0.2) is 19.0 Å².